The standard InChI is InChI=1S/C19H15F6N3O3/c20-18(21,22)12-5-3-11(4-6-12)15(16-13(19(23,24)25)2-1-7-26-16)27-14(29)10-28-8-9-31-17(28)30/h1-7,15H,8-10H2,(H,27,29). The molecule has 31 heavy (non-hydrogen) atoms. The molecular formula is C19H15F6N3O3. The van der Waals surface area contributed by atoms with Crippen molar-refractivity contribution in [3.63, 3.8) is 0 Å². The molecule has 0 bridgehead atoms. The van der Waals surface area contributed by atoms with Crippen LogP contribution in [0.25, 0.3) is 0 Å². The molecule has 1 unspecified atom stereocenters. The summed E-state index contributed by atoms with van der Waals surface area (Å²) in [5.74, 6) is -0.831. The molecule has 0 aliphatic carbocycles. The summed E-state index contributed by atoms with van der Waals surface area (Å²) in [5.41, 5.74) is -2.79. The third-order valence-corrected chi connectivity index (χ3v) is 4.47. The van der Waals surface area contributed by atoms with E-state index in [9.17, 15) is 35.9 Å². The highest BCUT2D eigenvalue weighted by Crippen LogP contribution is 2.36. The first kappa shape index (κ1) is 22.4. The number of nitrogens with one attached hydrogen (secondary N) is 1. The van der Waals surface area contributed by atoms with Gasteiger partial charge in [0.2, 0.25) is 5.91 Å². The van der Waals surface area contributed by atoms with E-state index >= 15 is 0 Å². The highest BCUT2D eigenvalue weighted by molar-refractivity contribution is 5.83. The van der Waals surface area contributed by atoms with Crippen LogP contribution in [0.5, 0.6) is 0 Å². The van der Waals surface area contributed by atoms with E-state index in [-0.39, 0.29) is 18.7 Å². The monoisotopic (exact) mass is 447 g/mol. The highest BCUT2D eigenvalue weighted by atomic mass is 19.4. The smallest absolute Gasteiger partial charge is 0.418 e. The summed E-state index contributed by atoms with van der Waals surface area (Å²) in [4.78, 5) is 28.7. The number of hydrogen-bond donors (Lipinski definition) is 1. The van der Waals surface area contributed by atoms with Crippen LogP contribution < -0.4 is 5.32 Å². The zero-order valence-electron chi connectivity index (χ0n) is 15.6. The van der Waals surface area contributed by atoms with Crippen molar-refractivity contribution in [3.05, 3.63) is 65.0 Å². The summed E-state index contributed by atoms with van der Waals surface area (Å²) in [7, 11) is 0. The molecule has 1 aliphatic heterocycles. The Kier molecular flexibility index (Phi) is 6.09. The Hall–Kier alpha value is -3.31. The van der Waals surface area contributed by atoms with Crippen molar-refractivity contribution in [2.45, 2.75) is 18.4 Å². The minimum Gasteiger partial charge on any atom is -0.448 e. The molecule has 2 aromatic rings. The molecule has 2 heterocycles. The Morgan fingerprint density at radius 2 is 1.77 bits per heavy atom. The number of ether oxygens (including phenoxy) is 1. The minimum absolute atomic E-state index is 0.0467. The van der Waals surface area contributed by atoms with Gasteiger partial charge < -0.3 is 10.1 Å². The Morgan fingerprint density at radius 3 is 2.32 bits per heavy atom. The molecule has 166 valence electrons. The molecular weight excluding hydrogens is 432 g/mol. The average molecular weight is 447 g/mol. The maximum absolute atomic E-state index is 13.5. The van der Waals surface area contributed by atoms with Gasteiger partial charge in [0.1, 0.15) is 13.2 Å². The average Bonchev–Trinajstić information content (AvgIpc) is 3.09. The van der Waals surface area contributed by atoms with E-state index < -0.39 is 53.8 Å². The third kappa shape index (κ3) is 5.25. The molecule has 3 rings (SSSR count). The van der Waals surface area contributed by atoms with Gasteiger partial charge in [-0.05, 0) is 29.8 Å². The highest BCUT2D eigenvalue weighted by Gasteiger charge is 2.37. The van der Waals surface area contributed by atoms with Gasteiger partial charge in [0.25, 0.3) is 0 Å². The number of hydrogen-bond acceptors (Lipinski definition) is 4. The molecule has 0 spiro atoms. The van der Waals surface area contributed by atoms with Crippen molar-refractivity contribution in [2.75, 3.05) is 19.7 Å². The van der Waals surface area contributed by atoms with Gasteiger partial charge in [0.05, 0.1) is 29.4 Å². The van der Waals surface area contributed by atoms with Crippen molar-refractivity contribution in [3.8, 4) is 0 Å². The molecule has 1 aromatic heterocycles. The quantitative estimate of drug-likeness (QED) is 0.709. The molecule has 1 N–H and O–H groups in total. The maximum atomic E-state index is 13.5. The first-order chi connectivity index (χ1) is 14.5. The molecule has 1 aliphatic rings. The van der Waals surface area contributed by atoms with Crippen molar-refractivity contribution < 1.29 is 40.7 Å². The van der Waals surface area contributed by atoms with E-state index in [1.807, 2.05) is 0 Å². The largest absolute Gasteiger partial charge is 0.448 e. The van der Waals surface area contributed by atoms with Crippen LogP contribution in [0.2, 0.25) is 0 Å². The normalized spacial score (nSPS) is 15.5. The number of benzene rings is 1. The zero-order chi connectivity index (χ0) is 22.8. The second-order valence-electron chi connectivity index (χ2n) is 6.59. The fourth-order valence-corrected chi connectivity index (χ4v) is 3.01. The lowest BCUT2D eigenvalue weighted by Crippen LogP contribution is -2.40. The molecule has 6 nitrogen and oxygen atoms in total. The molecule has 1 atom stereocenters. The second-order valence-corrected chi connectivity index (χ2v) is 6.59. The summed E-state index contributed by atoms with van der Waals surface area (Å²) in [6.07, 6.45) is -9.15. The molecule has 2 amide bonds. The Morgan fingerprint density at radius 1 is 1.10 bits per heavy atom. The first-order valence-electron chi connectivity index (χ1n) is 8.87. The van der Waals surface area contributed by atoms with Crippen molar-refractivity contribution in [1.29, 1.82) is 0 Å². The molecule has 0 radical (unpaired) electrons. The van der Waals surface area contributed by atoms with Crippen LogP contribution in [0.3, 0.4) is 0 Å². The van der Waals surface area contributed by atoms with Crippen LogP contribution in [0.1, 0.15) is 28.4 Å². The fraction of sp³-hybridized carbons (Fsp3) is 0.316. The number of amides is 2. The third-order valence-electron chi connectivity index (χ3n) is 4.47. The minimum atomic E-state index is -4.82. The van der Waals surface area contributed by atoms with Crippen LogP contribution in [-0.4, -0.2) is 41.6 Å². The topological polar surface area (TPSA) is 71.5 Å². The molecule has 0 saturated carbocycles. The number of pyridine rings is 1. The van der Waals surface area contributed by atoms with Crippen molar-refractivity contribution in [2.24, 2.45) is 0 Å². The summed E-state index contributed by atoms with van der Waals surface area (Å²) in [6.45, 7) is -0.314. The van der Waals surface area contributed by atoms with Gasteiger partial charge in [-0.2, -0.15) is 26.3 Å². The maximum Gasteiger partial charge on any atom is 0.418 e. The van der Waals surface area contributed by atoms with Crippen molar-refractivity contribution >= 4 is 12.0 Å². The van der Waals surface area contributed by atoms with Gasteiger partial charge in [-0.15, -0.1) is 0 Å². The summed E-state index contributed by atoms with van der Waals surface area (Å²) in [5, 5.41) is 2.34. The van der Waals surface area contributed by atoms with Crippen LogP contribution >= 0.6 is 0 Å². The lowest BCUT2D eigenvalue weighted by molar-refractivity contribution is -0.139. The van der Waals surface area contributed by atoms with E-state index in [4.69, 9.17) is 0 Å². The lowest BCUT2D eigenvalue weighted by atomic mass is 9.97. The predicted octanol–water partition coefficient (Wildman–Crippen LogP) is 3.78. The number of cyclic esters (lactones) is 1. The van der Waals surface area contributed by atoms with Gasteiger partial charge in [0.15, 0.2) is 0 Å². The molecule has 1 fully saturated rings. The summed E-state index contributed by atoms with van der Waals surface area (Å²) < 4.78 is 83.7. The van der Waals surface area contributed by atoms with Gasteiger partial charge in [-0.25, -0.2) is 4.79 Å². The van der Waals surface area contributed by atoms with E-state index in [0.29, 0.717) is 12.1 Å². The predicted molar refractivity (Wildman–Crippen MR) is 93.6 cm³/mol. The van der Waals surface area contributed by atoms with E-state index in [1.165, 1.54) is 0 Å². The van der Waals surface area contributed by atoms with Gasteiger partial charge in [-0.1, -0.05) is 12.1 Å². The van der Waals surface area contributed by atoms with E-state index in [1.54, 1.807) is 0 Å². The van der Waals surface area contributed by atoms with Crippen molar-refractivity contribution in [1.82, 2.24) is 15.2 Å². The van der Waals surface area contributed by atoms with Gasteiger partial charge in [0, 0.05) is 6.20 Å². The first-order valence-corrected chi connectivity index (χ1v) is 8.87. The Bertz CT molecular complexity index is 960. The van der Waals surface area contributed by atoms with Crippen LogP contribution in [0.15, 0.2) is 42.6 Å². The number of carbonyl (C=O) groups excluding carboxylic acids is 2. The zero-order valence-corrected chi connectivity index (χ0v) is 15.6. The van der Waals surface area contributed by atoms with E-state index in [0.717, 1.165) is 35.4 Å². The molecule has 1 saturated heterocycles. The van der Waals surface area contributed by atoms with E-state index in [2.05, 4.69) is 15.0 Å². The second kappa shape index (κ2) is 8.44. The Balaban J connectivity index is 1.97. The lowest BCUT2D eigenvalue weighted by Gasteiger charge is -2.23. The van der Waals surface area contributed by atoms with Crippen LogP contribution in [0, 0.1) is 0 Å². The number of carbonyl (C=O) groups is 2. The molecule has 12 heteroatoms. The van der Waals surface area contributed by atoms with Gasteiger partial charge in [-0.3, -0.25) is 14.7 Å². The molecule has 1 aromatic carbocycles. The number of halogens is 6. The number of aromatic nitrogens is 1. The summed E-state index contributed by atoms with van der Waals surface area (Å²) >= 11 is 0. The number of alkyl halides is 6. The SMILES string of the molecule is O=C(CN1CCOC1=O)NC(c1ccc(C(F)(F)F)cc1)c1ncccc1C(F)(F)F. The Labute approximate surface area is 171 Å². The van der Waals surface area contributed by atoms with Crippen LogP contribution in [0.4, 0.5) is 31.1 Å². The summed E-state index contributed by atoms with van der Waals surface area (Å²) in [6, 6.07) is 3.62. The number of rotatable bonds is 5. The van der Waals surface area contributed by atoms with Crippen LogP contribution in [-0.2, 0) is 21.9 Å². The number of nitrogens with zero attached hydrogens (tertiary/aromatic N) is 2. The fourth-order valence-electron chi connectivity index (χ4n) is 3.01. The van der Waals surface area contributed by atoms with Gasteiger partial charge >= 0.3 is 18.4 Å².